The van der Waals surface area contributed by atoms with E-state index in [0.29, 0.717) is 30.9 Å². The third-order valence-corrected chi connectivity index (χ3v) is 13.7. The molecule has 15 N–H and O–H groups in total. The first kappa shape index (κ1) is 67.7. The van der Waals surface area contributed by atoms with Crippen LogP contribution in [0.4, 0.5) is 0 Å². The number of nitrogens with zero attached hydrogens (tertiary/aromatic N) is 1. The highest BCUT2D eigenvalue weighted by Crippen LogP contribution is 2.27. The summed E-state index contributed by atoms with van der Waals surface area (Å²) in [6, 6.07) is 9.16. The molecule has 0 aliphatic carbocycles. The van der Waals surface area contributed by atoms with Gasteiger partial charge in [-0.15, -0.1) is 0 Å². The van der Waals surface area contributed by atoms with Crippen molar-refractivity contribution in [3.8, 4) is 0 Å². The maximum Gasteiger partial charge on any atom is 0.257 e. The number of amides is 3. The number of carbonyl (C=O) groups is 3. The lowest BCUT2D eigenvalue weighted by Gasteiger charge is -2.24. The van der Waals surface area contributed by atoms with Crippen LogP contribution >= 0.6 is 0 Å². The number of nitrogens with one attached hydrogen (secondary N) is 1. The number of allylic oxidation sites excluding steroid dienone is 1. The standard InChI is InChI=1S/C55H94N2O18/c1-35(16-36(2)17-54(73)57-52(53(75-3)32-55(57)74)18-37-13-9-7-10-14-37)12-8-5-4-6-11-15-38(59)19-39(60)20-40(61)21-41(62)22-42(63)23-43(64)24-44(65)25-45(66)26-46(67)27-47(68)28-48(69)29-49(70)30-50(71)31-51(72)33-56-34-58/h7,9-10,13-14,17,32,34-35,38-52,59-72H,4-6,8,11-12,15-16,18-31,33H2,1-3H3,(H,56,58)/t35-,38+,39-,40-,41-,42-,43-,44-,45-,46-,47-,48-,49-,50-,51+,52+/m1/s1. The predicted molar refractivity (Wildman–Crippen MR) is 279 cm³/mol. The highest BCUT2D eigenvalue weighted by molar-refractivity contribution is 6.08. The zero-order valence-electron chi connectivity index (χ0n) is 44.5. The molecule has 1 aromatic carbocycles. The molecule has 0 radical (unpaired) electrons. The lowest BCUT2D eigenvalue weighted by atomic mass is 9.94. The third kappa shape index (κ3) is 30.3. The van der Waals surface area contributed by atoms with Crippen LogP contribution in [0.25, 0.3) is 0 Å². The minimum absolute atomic E-state index is 0.0549. The second-order valence-electron chi connectivity index (χ2n) is 21.4. The monoisotopic (exact) mass is 1070 g/mol. The van der Waals surface area contributed by atoms with Crippen molar-refractivity contribution in [3.63, 3.8) is 0 Å². The summed E-state index contributed by atoms with van der Waals surface area (Å²) in [6.45, 7) is 3.98. The molecule has 20 heteroatoms. The summed E-state index contributed by atoms with van der Waals surface area (Å²) >= 11 is 0. The summed E-state index contributed by atoms with van der Waals surface area (Å²) in [7, 11) is 1.50. The van der Waals surface area contributed by atoms with Gasteiger partial charge < -0.3 is 81.5 Å². The Morgan fingerprint density at radius 1 is 0.560 bits per heavy atom. The van der Waals surface area contributed by atoms with Crippen LogP contribution in [0.15, 0.2) is 53.8 Å². The fourth-order valence-corrected chi connectivity index (χ4v) is 10.1. The van der Waals surface area contributed by atoms with Gasteiger partial charge in [0.05, 0.1) is 92.6 Å². The van der Waals surface area contributed by atoms with Gasteiger partial charge in [-0.25, -0.2) is 0 Å². The molecule has 0 unspecified atom stereocenters. The Balaban J connectivity index is 1.56. The molecule has 20 nitrogen and oxygen atoms in total. The van der Waals surface area contributed by atoms with Crippen LogP contribution in [0.2, 0.25) is 0 Å². The molecule has 0 aromatic heterocycles. The number of hydrogen-bond donors (Lipinski definition) is 15. The minimum atomic E-state index is -1.23. The Hall–Kier alpha value is -3.45. The van der Waals surface area contributed by atoms with Gasteiger partial charge in [0.25, 0.3) is 11.8 Å². The van der Waals surface area contributed by atoms with Gasteiger partial charge in [-0.3, -0.25) is 19.3 Å². The van der Waals surface area contributed by atoms with Gasteiger partial charge in [0, 0.05) is 31.5 Å². The number of carbonyl (C=O) groups excluding carboxylic acids is 3. The molecule has 432 valence electrons. The third-order valence-electron chi connectivity index (χ3n) is 13.7. The van der Waals surface area contributed by atoms with Crippen molar-refractivity contribution >= 4 is 18.2 Å². The van der Waals surface area contributed by atoms with Gasteiger partial charge in [0.15, 0.2) is 0 Å². The largest absolute Gasteiger partial charge is 0.499 e. The molecule has 1 aliphatic heterocycles. The van der Waals surface area contributed by atoms with E-state index in [1.165, 1.54) is 18.1 Å². The van der Waals surface area contributed by atoms with Gasteiger partial charge in [0.1, 0.15) is 11.8 Å². The smallest absolute Gasteiger partial charge is 0.257 e. The first-order valence-electron chi connectivity index (χ1n) is 27.0. The zero-order chi connectivity index (χ0) is 56.0. The van der Waals surface area contributed by atoms with Crippen LogP contribution in [0.1, 0.15) is 154 Å². The Kier molecular flexibility index (Phi) is 33.7. The predicted octanol–water partition coefficient (Wildman–Crippen LogP) is 1.07. The minimum Gasteiger partial charge on any atom is -0.499 e. The first-order valence-corrected chi connectivity index (χ1v) is 27.0. The van der Waals surface area contributed by atoms with E-state index in [1.54, 1.807) is 6.08 Å². The molecular weight excluding hydrogens is 977 g/mol. The van der Waals surface area contributed by atoms with Gasteiger partial charge in [-0.2, -0.15) is 0 Å². The normalized spacial score (nSPS) is 20.4. The van der Waals surface area contributed by atoms with Crippen LogP contribution in [0.5, 0.6) is 0 Å². The fourth-order valence-electron chi connectivity index (χ4n) is 10.1. The average Bonchev–Trinajstić information content (AvgIpc) is 3.61. The number of aliphatic hydroxyl groups excluding tert-OH is 14. The molecule has 0 spiro atoms. The second kappa shape index (κ2) is 37.4. The van der Waals surface area contributed by atoms with Gasteiger partial charge >= 0.3 is 0 Å². The quantitative estimate of drug-likeness (QED) is 0.0247. The zero-order valence-corrected chi connectivity index (χ0v) is 44.5. The molecule has 0 fully saturated rings. The number of unbranched alkanes of at least 4 members (excludes halogenated alkanes) is 4. The summed E-state index contributed by atoms with van der Waals surface area (Å²) in [4.78, 5) is 37.7. The van der Waals surface area contributed by atoms with Gasteiger partial charge in [0.2, 0.25) is 6.41 Å². The van der Waals surface area contributed by atoms with Gasteiger partial charge in [-0.1, -0.05) is 81.4 Å². The highest BCUT2D eigenvalue weighted by atomic mass is 16.5. The fraction of sp³-hybridized carbons (Fsp3) is 0.764. The SMILES string of the molecule is COC1=CC(=O)N(C(=O)C=C(C)C[C@H](C)CCCCCCC[C@H](O)C[C@@H](O)C[C@@H](O)C[C@@H](O)C[C@@H](O)C[C@@H](O)C[C@@H](O)C[C@@H](O)C[C@@H](O)C[C@@H](O)C[C@@H](O)C[C@@H](O)C[C@@H](O)C[C@H](O)CNC=O)[C@H]1Cc1ccccc1. The number of methoxy groups -OCH3 is 1. The van der Waals surface area contributed by atoms with Crippen molar-refractivity contribution < 1.29 is 90.6 Å². The van der Waals surface area contributed by atoms with E-state index in [-0.39, 0.29) is 102 Å². The summed E-state index contributed by atoms with van der Waals surface area (Å²) in [5.74, 6) is 0.0733. The highest BCUT2D eigenvalue weighted by Gasteiger charge is 2.38. The number of rotatable bonds is 43. The molecule has 0 bridgehead atoms. The molecule has 2 rings (SSSR count). The molecule has 3 amide bonds. The summed E-state index contributed by atoms with van der Waals surface area (Å²) in [5.41, 5.74) is 1.90. The van der Waals surface area contributed by atoms with Crippen molar-refractivity contribution in [2.75, 3.05) is 13.7 Å². The van der Waals surface area contributed by atoms with Crippen molar-refractivity contribution in [2.45, 2.75) is 247 Å². The van der Waals surface area contributed by atoms with E-state index in [9.17, 15) is 85.9 Å². The lowest BCUT2D eigenvalue weighted by molar-refractivity contribution is -0.139. The summed E-state index contributed by atoms with van der Waals surface area (Å²) in [6.07, 6.45) is -7.51. The molecule has 0 saturated heterocycles. The van der Waals surface area contributed by atoms with E-state index < -0.39 is 91.5 Å². The van der Waals surface area contributed by atoms with E-state index in [2.05, 4.69) is 12.2 Å². The van der Waals surface area contributed by atoms with Crippen LogP contribution < -0.4 is 5.32 Å². The molecule has 1 aliphatic rings. The topological polar surface area (TPSA) is 359 Å². The van der Waals surface area contributed by atoms with Crippen LogP contribution in [-0.2, 0) is 25.5 Å². The number of imide groups is 1. The molecule has 1 heterocycles. The Bertz CT molecular complexity index is 1780. The lowest BCUT2D eigenvalue weighted by Crippen LogP contribution is -2.41. The molecule has 75 heavy (non-hydrogen) atoms. The number of hydrogen-bond acceptors (Lipinski definition) is 18. The van der Waals surface area contributed by atoms with Gasteiger partial charge in [-0.05, 0) is 108 Å². The number of benzene rings is 1. The second-order valence-corrected chi connectivity index (χ2v) is 21.4. The Labute approximate surface area is 443 Å². The number of aliphatic hydroxyl groups is 14. The molecule has 1 aromatic rings. The van der Waals surface area contributed by atoms with Crippen LogP contribution in [-0.4, -0.2) is 200 Å². The van der Waals surface area contributed by atoms with E-state index >= 15 is 0 Å². The van der Waals surface area contributed by atoms with Crippen LogP contribution in [0, 0.1) is 5.92 Å². The van der Waals surface area contributed by atoms with Crippen molar-refractivity contribution in [1.82, 2.24) is 10.2 Å². The number of ether oxygens (including phenoxy) is 1. The van der Waals surface area contributed by atoms with E-state index in [4.69, 9.17) is 4.74 Å². The average molecular weight is 1070 g/mol. The van der Waals surface area contributed by atoms with Crippen LogP contribution in [0.3, 0.4) is 0 Å². The van der Waals surface area contributed by atoms with Crippen molar-refractivity contribution in [1.29, 1.82) is 0 Å². The van der Waals surface area contributed by atoms with Crippen molar-refractivity contribution in [3.05, 3.63) is 59.4 Å². The maximum absolute atomic E-state index is 13.3. The molecule has 16 atom stereocenters. The maximum atomic E-state index is 13.3. The first-order chi connectivity index (χ1) is 35.5. The molecular formula is C55H94N2O18. The molecule has 0 saturated carbocycles. The summed E-state index contributed by atoms with van der Waals surface area (Å²) < 4.78 is 5.45. The van der Waals surface area contributed by atoms with Crippen molar-refractivity contribution in [2.24, 2.45) is 5.92 Å². The summed E-state index contributed by atoms with van der Waals surface area (Å²) in [5, 5.41) is 147. The van der Waals surface area contributed by atoms with E-state index in [1.807, 2.05) is 37.3 Å². The Morgan fingerprint density at radius 2 is 0.920 bits per heavy atom. The Morgan fingerprint density at radius 3 is 1.31 bits per heavy atom. The van der Waals surface area contributed by atoms with E-state index in [0.717, 1.165) is 56.1 Å².